The van der Waals surface area contributed by atoms with Gasteiger partial charge >= 0.3 is 6.18 Å². The van der Waals surface area contributed by atoms with Gasteiger partial charge in [0.1, 0.15) is 0 Å². The quantitative estimate of drug-likeness (QED) is 0.689. The Hall–Kier alpha value is -0.810. The fourth-order valence-electron chi connectivity index (χ4n) is 2.87. The molecule has 5 heteroatoms. The van der Waals surface area contributed by atoms with Crippen molar-refractivity contribution in [3.8, 4) is 0 Å². The highest BCUT2D eigenvalue weighted by atomic mass is 79.9. The fourth-order valence-corrected chi connectivity index (χ4v) is 3.23. The number of hydrogen-bond acceptors (Lipinski definition) is 1. The van der Waals surface area contributed by atoms with Gasteiger partial charge in [0.05, 0.1) is 11.6 Å². The van der Waals surface area contributed by atoms with Crippen molar-refractivity contribution in [1.82, 2.24) is 5.32 Å². The van der Waals surface area contributed by atoms with Crippen LogP contribution in [0.4, 0.5) is 13.2 Å². The molecule has 1 atom stereocenters. The van der Waals surface area contributed by atoms with Crippen LogP contribution >= 0.6 is 15.9 Å². The molecule has 1 aromatic carbocycles. The Balaban J connectivity index is 2.44. The van der Waals surface area contributed by atoms with Crippen molar-refractivity contribution in [1.29, 1.82) is 0 Å². The van der Waals surface area contributed by atoms with Crippen molar-refractivity contribution in [2.75, 3.05) is 7.05 Å². The van der Waals surface area contributed by atoms with E-state index in [9.17, 15) is 13.2 Å². The SMILES string of the molecule is CNC(C1=CCCCCC1)c1ccc(Br)cc1C(F)(F)F. The van der Waals surface area contributed by atoms with E-state index in [2.05, 4.69) is 27.3 Å². The first-order valence-electron chi connectivity index (χ1n) is 7.16. The molecule has 1 aliphatic rings. The van der Waals surface area contributed by atoms with Crippen molar-refractivity contribution in [3.05, 3.63) is 45.4 Å². The third-order valence-corrected chi connectivity index (χ3v) is 4.36. The van der Waals surface area contributed by atoms with Crippen LogP contribution in [-0.4, -0.2) is 7.05 Å². The summed E-state index contributed by atoms with van der Waals surface area (Å²) in [6.45, 7) is 0. The zero-order valence-electron chi connectivity index (χ0n) is 11.9. The predicted octanol–water partition coefficient (Wildman–Crippen LogP) is 5.62. The Labute approximate surface area is 131 Å². The summed E-state index contributed by atoms with van der Waals surface area (Å²) in [5.41, 5.74) is 0.811. The van der Waals surface area contributed by atoms with Gasteiger partial charge in [0, 0.05) is 4.47 Å². The molecule has 1 nitrogen and oxygen atoms in total. The van der Waals surface area contributed by atoms with Crippen LogP contribution in [0.5, 0.6) is 0 Å². The molecule has 116 valence electrons. The molecule has 0 aromatic heterocycles. The van der Waals surface area contributed by atoms with Gasteiger partial charge in [-0.15, -0.1) is 0 Å². The molecule has 1 N–H and O–H groups in total. The van der Waals surface area contributed by atoms with Gasteiger partial charge in [-0.2, -0.15) is 13.2 Å². The maximum atomic E-state index is 13.3. The molecule has 0 amide bonds. The Kier molecular flexibility index (Phi) is 5.49. The number of halogens is 4. The zero-order valence-corrected chi connectivity index (χ0v) is 13.5. The standard InChI is InChI=1S/C16H19BrF3N/c1-21-15(11-6-4-2-3-5-7-11)13-9-8-12(17)10-14(13)16(18,19)20/h6,8-10,15,21H,2-5,7H2,1H3. The highest BCUT2D eigenvalue weighted by Crippen LogP contribution is 2.39. The summed E-state index contributed by atoms with van der Waals surface area (Å²) in [5.74, 6) is 0. The number of nitrogens with one attached hydrogen (secondary N) is 1. The molecule has 0 aliphatic heterocycles. The van der Waals surface area contributed by atoms with E-state index in [0.29, 0.717) is 10.0 Å². The van der Waals surface area contributed by atoms with E-state index in [1.165, 1.54) is 0 Å². The first-order valence-corrected chi connectivity index (χ1v) is 7.95. The third-order valence-electron chi connectivity index (χ3n) is 3.87. The molecule has 0 bridgehead atoms. The van der Waals surface area contributed by atoms with Crippen molar-refractivity contribution in [2.24, 2.45) is 0 Å². The summed E-state index contributed by atoms with van der Waals surface area (Å²) in [4.78, 5) is 0. The number of benzene rings is 1. The first-order chi connectivity index (χ1) is 9.93. The minimum atomic E-state index is -4.35. The molecular formula is C16H19BrF3N. The maximum Gasteiger partial charge on any atom is 0.416 e. The van der Waals surface area contributed by atoms with Crippen LogP contribution in [0, 0.1) is 0 Å². The number of hydrogen-bond donors (Lipinski definition) is 1. The summed E-state index contributed by atoms with van der Waals surface area (Å²) in [6, 6.07) is 4.04. The number of rotatable bonds is 3. The van der Waals surface area contributed by atoms with E-state index < -0.39 is 11.7 Å². The average Bonchev–Trinajstić information content (AvgIpc) is 2.69. The van der Waals surface area contributed by atoms with Gasteiger partial charge < -0.3 is 5.32 Å². The molecule has 0 radical (unpaired) electrons. The molecule has 2 rings (SSSR count). The summed E-state index contributed by atoms with van der Waals surface area (Å²) < 4.78 is 40.4. The van der Waals surface area contributed by atoms with Gasteiger partial charge in [-0.25, -0.2) is 0 Å². The fraction of sp³-hybridized carbons (Fsp3) is 0.500. The first kappa shape index (κ1) is 16.6. The van der Waals surface area contributed by atoms with Crippen LogP contribution in [0.15, 0.2) is 34.3 Å². The number of likely N-dealkylation sites (N-methyl/N-ethyl adjacent to an activating group) is 1. The van der Waals surface area contributed by atoms with E-state index in [-0.39, 0.29) is 6.04 Å². The van der Waals surface area contributed by atoms with Crippen LogP contribution in [0.25, 0.3) is 0 Å². The minimum absolute atomic E-state index is 0.307. The molecule has 1 aromatic rings. The lowest BCUT2D eigenvalue weighted by molar-refractivity contribution is -0.138. The smallest absolute Gasteiger partial charge is 0.310 e. The van der Waals surface area contributed by atoms with Crippen molar-refractivity contribution in [3.63, 3.8) is 0 Å². The zero-order chi connectivity index (χ0) is 15.5. The van der Waals surface area contributed by atoms with Crippen LogP contribution in [-0.2, 0) is 6.18 Å². The van der Waals surface area contributed by atoms with E-state index >= 15 is 0 Å². The third kappa shape index (κ3) is 4.10. The second kappa shape index (κ2) is 6.97. The lowest BCUT2D eigenvalue weighted by atomic mass is 9.91. The summed E-state index contributed by atoms with van der Waals surface area (Å²) >= 11 is 3.13. The number of allylic oxidation sites excluding steroid dienone is 1. The van der Waals surface area contributed by atoms with Crippen LogP contribution in [0.2, 0.25) is 0 Å². The summed E-state index contributed by atoms with van der Waals surface area (Å²) in [6.07, 6.45) is 2.87. The molecule has 0 fully saturated rings. The van der Waals surface area contributed by atoms with Crippen molar-refractivity contribution >= 4 is 15.9 Å². The monoisotopic (exact) mass is 361 g/mol. The van der Waals surface area contributed by atoms with Crippen LogP contribution in [0.1, 0.15) is 49.3 Å². The molecule has 0 saturated heterocycles. The predicted molar refractivity (Wildman–Crippen MR) is 82.1 cm³/mol. The van der Waals surface area contributed by atoms with Crippen LogP contribution in [0.3, 0.4) is 0 Å². The number of alkyl halides is 3. The Morgan fingerprint density at radius 2 is 1.95 bits per heavy atom. The molecule has 0 saturated carbocycles. The van der Waals surface area contributed by atoms with E-state index in [1.54, 1.807) is 19.2 Å². The normalized spacial score (nSPS) is 18.0. The molecule has 21 heavy (non-hydrogen) atoms. The molecule has 1 unspecified atom stereocenters. The summed E-state index contributed by atoms with van der Waals surface area (Å²) in [5, 5.41) is 3.06. The minimum Gasteiger partial charge on any atom is -0.310 e. The van der Waals surface area contributed by atoms with Gasteiger partial charge in [-0.3, -0.25) is 0 Å². The van der Waals surface area contributed by atoms with E-state index in [4.69, 9.17) is 0 Å². The Morgan fingerprint density at radius 3 is 2.62 bits per heavy atom. The van der Waals surface area contributed by atoms with Gasteiger partial charge in [0.25, 0.3) is 0 Å². The second-order valence-electron chi connectivity index (χ2n) is 5.33. The van der Waals surface area contributed by atoms with Gasteiger partial charge in [0.2, 0.25) is 0 Å². The lowest BCUT2D eigenvalue weighted by Gasteiger charge is -2.24. The maximum absolute atomic E-state index is 13.3. The average molecular weight is 362 g/mol. The molecule has 0 heterocycles. The van der Waals surface area contributed by atoms with Crippen molar-refractivity contribution < 1.29 is 13.2 Å². The summed E-state index contributed by atoms with van der Waals surface area (Å²) in [7, 11) is 1.72. The van der Waals surface area contributed by atoms with Gasteiger partial charge in [-0.05, 0) is 50.4 Å². The Morgan fingerprint density at radius 1 is 1.19 bits per heavy atom. The Bertz CT molecular complexity index is 523. The highest BCUT2D eigenvalue weighted by Gasteiger charge is 2.35. The highest BCUT2D eigenvalue weighted by molar-refractivity contribution is 9.10. The van der Waals surface area contributed by atoms with E-state index in [1.807, 2.05) is 0 Å². The molecular weight excluding hydrogens is 343 g/mol. The van der Waals surface area contributed by atoms with E-state index in [0.717, 1.165) is 43.7 Å². The second-order valence-corrected chi connectivity index (χ2v) is 6.25. The van der Waals surface area contributed by atoms with Gasteiger partial charge in [0.15, 0.2) is 0 Å². The molecule has 1 aliphatic carbocycles. The topological polar surface area (TPSA) is 12.0 Å². The van der Waals surface area contributed by atoms with Gasteiger partial charge in [-0.1, -0.05) is 40.1 Å². The molecule has 0 spiro atoms. The van der Waals surface area contributed by atoms with Crippen molar-refractivity contribution in [2.45, 2.75) is 44.3 Å². The lowest BCUT2D eigenvalue weighted by Crippen LogP contribution is -2.23. The van der Waals surface area contributed by atoms with Crippen LogP contribution < -0.4 is 5.32 Å². The largest absolute Gasteiger partial charge is 0.416 e.